The zero-order valence-corrected chi connectivity index (χ0v) is 27.2. The second-order valence-corrected chi connectivity index (χ2v) is 13.0. The highest BCUT2D eigenvalue weighted by atomic mass is 16.3. The number of rotatable bonds is 3. The van der Waals surface area contributed by atoms with Crippen LogP contribution in [0.1, 0.15) is 0 Å². The lowest BCUT2D eigenvalue weighted by Crippen LogP contribution is -2.01. The van der Waals surface area contributed by atoms with Gasteiger partial charge in [-0.15, -0.1) is 0 Å². The van der Waals surface area contributed by atoms with E-state index in [1.54, 1.807) is 0 Å². The molecular formula is C46H26N4O. The van der Waals surface area contributed by atoms with Crippen LogP contribution < -0.4 is 0 Å². The summed E-state index contributed by atoms with van der Waals surface area (Å²) in [5.74, 6) is 1.73. The lowest BCUT2D eigenvalue weighted by Gasteiger charge is -2.14. The lowest BCUT2D eigenvalue weighted by atomic mass is 9.93. The lowest BCUT2D eigenvalue weighted by molar-refractivity contribution is 0.669. The van der Waals surface area contributed by atoms with E-state index in [1.807, 2.05) is 36.5 Å². The number of fused-ring (bicyclic) bond motifs is 11. The number of aromatic nitrogens is 4. The molecule has 51 heavy (non-hydrogen) atoms. The van der Waals surface area contributed by atoms with E-state index in [0.717, 1.165) is 76.5 Å². The molecule has 0 amide bonds. The highest BCUT2D eigenvalue weighted by Gasteiger charge is 2.21. The highest BCUT2D eigenvalue weighted by molar-refractivity contribution is 6.22. The van der Waals surface area contributed by atoms with Crippen molar-refractivity contribution in [2.75, 3.05) is 0 Å². The largest absolute Gasteiger partial charge is 0.456 e. The predicted molar refractivity (Wildman–Crippen MR) is 209 cm³/mol. The second-order valence-electron chi connectivity index (χ2n) is 13.0. The highest BCUT2D eigenvalue weighted by Crippen LogP contribution is 2.41. The third kappa shape index (κ3) is 4.28. The maximum absolute atomic E-state index is 6.45. The average molecular weight is 651 g/mol. The van der Waals surface area contributed by atoms with Crippen LogP contribution in [-0.2, 0) is 0 Å². The summed E-state index contributed by atoms with van der Waals surface area (Å²) in [4.78, 5) is 20.7. The van der Waals surface area contributed by atoms with Gasteiger partial charge in [-0.1, -0.05) is 121 Å². The van der Waals surface area contributed by atoms with Gasteiger partial charge in [0.15, 0.2) is 17.5 Å². The number of nitrogens with zero attached hydrogens (tertiary/aromatic N) is 4. The number of furan rings is 1. The van der Waals surface area contributed by atoms with Gasteiger partial charge in [-0.3, -0.25) is 4.98 Å². The van der Waals surface area contributed by atoms with Gasteiger partial charge in [0.2, 0.25) is 0 Å². The van der Waals surface area contributed by atoms with Crippen molar-refractivity contribution in [2.45, 2.75) is 0 Å². The average Bonchev–Trinajstić information content (AvgIpc) is 3.58. The Hall–Kier alpha value is -6.98. The Morgan fingerprint density at radius 1 is 0.373 bits per heavy atom. The topological polar surface area (TPSA) is 64.7 Å². The molecule has 11 rings (SSSR count). The summed E-state index contributed by atoms with van der Waals surface area (Å²) < 4.78 is 6.45. The monoisotopic (exact) mass is 650 g/mol. The maximum atomic E-state index is 6.45. The van der Waals surface area contributed by atoms with E-state index in [2.05, 4.69) is 121 Å². The number of benzene rings is 8. The van der Waals surface area contributed by atoms with Crippen LogP contribution in [0, 0.1) is 0 Å². The normalized spacial score (nSPS) is 11.9. The first-order chi connectivity index (χ1) is 25.3. The van der Waals surface area contributed by atoms with E-state index in [-0.39, 0.29) is 0 Å². The molecule has 5 nitrogen and oxygen atoms in total. The SMILES string of the molecule is c1ccc2cc(-c3nc(-c4cc5c6ccccc6ccc5c5ccccc45)nc(-c4cc5oc6ccccc6c5c5cccnc45)n3)ccc2c1. The van der Waals surface area contributed by atoms with E-state index in [4.69, 9.17) is 24.4 Å². The van der Waals surface area contributed by atoms with Gasteiger partial charge in [0.25, 0.3) is 0 Å². The van der Waals surface area contributed by atoms with Crippen LogP contribution in [0.25, 0.3) is 110 Å². The minimum absolute atomic E-state index is 0.538. The number of pyridine rings is 1. The Morgan fingerprint density at radius 2 is 1.02 bits per heavy atom. The third-order valence-electron chi connectivity index (χ3n) is 10.1. The third-order valence-corrected chi connectivity index (χ3v) is 10.1. The summed E-state index contributed by atoms with van der Waals surface area (Å²) in [5, 5.41) is 12.3. The molecule has 0 radical (unpaired) electrons. The van der Waals surface area contributed by atoms with Crippen LogP contribution in [0.2, 0.25) is 0 Å². The summed E-state index contributed by atoms with van der Waals surface area (Å²) in [6.45, 7) is 0. The van der Waals surface area contributed by atoms with Crippen molar-refractivity contribution in [3.63, 3.8) is 0 Å². The van der Waals surface area contributed by atoms with Gasteiger partial charge in [-0.05, 0) is 73.4 Å². The molecule has 0 saturated heterocycles. The quantitative estimate of drug-likeness (QED) is 0.178. The van der Waals surface area contributed by atoms with Crippen LogP contribution in [0.5, 0.6) is 0 Å². The van der Waals surface area contributed by atoms with Crippen molar-refractivity contribution < 1.29 is 4.42 Å². The number of para-hydroxylation sites is 1. The first kappa shape index (κ1) is 27.9. The molecular weight excluding hydrogens is 625 g/mol. The predicted octanol–water partition coefficient (Wildman–Crippen LogP) is 11.9. The van der Waals surface area contributed by atoms with E-state index >= 15 is 0 Å². The minimum Gasteiger partial charge on any atom is -0.456 e. The molecule has 236 valence electrons. The van der Waals surface area contributed by atoms with Crippen LogP contribution in [0.4, 0.5) is 0 Å². The van der Waals surface area contributed by atoms with Gasteiger partial charge >= 0.3 is 0 Å². The molecule has 11 aromatic rings. The van der Waals surface area contributed by atoms with Gasteiger partial charge in [0.05, 0.1) is 5.52 Å². The molecule has 0 aliphatic heterocycles. The van der Waals surface area contributed by atoms with Crippen molar-refractivity contribution in [1.82, 2.24) is 19.9 Å². The summed E-state index contributed by atoms with van der Waals surface area (Å²) in [5.41, 5.74) is 5.06. The minimum atomic E-state index is 0.538. The maximum Gasteiger partial charge on any atom is 0.166 e. The summed E-state index contributed by atoms with van der Waals surface area (Å²) in [6.07, 6.45) is 1.83. The van der Waals surface area contributed by atoms with Crippen LogP contribution in [0.15, 0.2) is 162 Å². The molecule has 0 fully saturated rings. The molecule has 0 N–H and O–H groups in total. The summed E-state index contributed by atoms with van der Waals surface area (Å²) >= 11 is 0. The van der Waals surface area contributed by atoms with Gasteiger partial charge in [0.1, 0.15) is 11.2 Å². The van der Waals surface area contributed by atoms with Crippen molar-refractivity contribution in [2.24, 2.45) is 0 Å². The number of hydrogen-bond donors (Lipinski definition) is 0. The van der Waals surface area contributed by atoms with E-state index in [0.29, 0.717) is 17.5 Å². The standard InChI is InChI=1S/C46H26N4O/c1-2-12-29-24-30(20-19-27(29)10-1)44-48-45(38-25-37-31-13-4-3-11-28(31)21-22-34(37)32-14-5-6-15-33(32)38)50-46(49-44)39-26-41-42(36-17-9-23-47-43(36)39)35-16-7-8-18-40(35)51-41/h1-26H. The molecule has 8 aromatic carbocycles. The first-order valence-corrected chi connectivity index (χ1v) is 17.0. The van der Waals surface area contributed by atoms with Crippen LogP contribution >= 0.6 is 0 Å². The van der Waals surface area contributed by atoms with Crippen molar-refractivity contribution in [3.05, 3.63) is 158 Å². The van der Waals surface area contributed by atoms with Gasteiger partial charge in [-0.2, -0.15) is 0 Å². The molecule has 0 aliphatic rings. The molecule has 5 heteroatoms. The fourth-order valence-electron chi connectivity index (χ4n) is 7.76. The molecule has 0 spiro atoms. The summed E-state index contributed by atoms with van der Waals surface area (Å²) in [7, 11) is 0. The Balaban J connectivity index is 1.25. The van der Waals surface area contributed by atoms with Gasteiger partial charge in [-0.25, -0.2) is 15.0 Å². The Labute approximate surface area is 291 Å². The zero-order chi connectivity index (χ0) is 33.5. The van der Waals surface area contributed by atoms with Crippen LogP contribution in [0.3, 0.4) is 0 Å². The molecule has 0 atom stereocenters. The van der Waals surface area contributed by atoms with E-state index in [9.17, 15) is 0 Å². The molecule has 3 aromatic heterocycles. The number of hydrogen-bond acceptors (Lipinski definition) is 5. The Kier molecular flexibility index (Phi) is 5.89. The van der Waals surface area contributed by atoms with Gasteiger partial charge in [0, 0.05) is 39.0 Å². The van der Waals surface area contributed by atoms with Crippen LogP contribution in [-0.4, -0.2) is 19.9 Å². The van der Waals surface area contributed by atoms with E-state index < -0.39 is 0 Å². The van der Waals surface area contributed by atoms with Crippen molar-refractivity contribution in [3.8, 4) is 34.2 Å². The Bertz CT molecular complexity index is 3220. The smallest absolute Gasteiger partial charge is 0.166 e. The molecule has 0 bridgehead atoms. The van der Waals surface area contributed by atoms with Gasteiger partial charge < -0.3 is 4.42 Å². The fourth-order valence-corrected chi connectivity index (χ4v) is 7.76. The second kappa shape index (κ2) is 10.8. The molecule has 3 heterocycles. The van der Waals surface area contributed by atoms with E-state index in [1.165, 1.54) is 16.2 Å². The fraction of sp³-hybridized carbons (Fsp3) is 0. The van der Waals surface area contributed by atoms with Crippen molar-refractivity contribution in [1.29, 1.82) is 0 Å². The molecule has 0 saturated carbocycles. The van der Waals surface area contributed by atoms with Crippen molar-refractivity contribution >= 4 is 75.9 Å². The first-order valence-electron chi connectivity index (χ1n) is 17.0. The zero-order valence-electron chi connectivity index (χ0n) is 27.2. The summed E-state index contributed by atoms with van der Waals surface area (Å²) in [6, 6.07) is 52.7. The molecule has 0 unspecified atom stereocenters. The molecule has 0 aliphatic carbocycles. The Morgan fingerprint density at radius 3 is 1.90 bits per heavy atom.